The lowest BCUT2D eigenvalue weighted by Crippen LogP contribution is -2.40. The van der Waals surface area contributed by atoms with Crippen LogP contribution in [0.1, 0.15) is 24.1 Å². The van der Waals surface area contributed by atoms with Gasteiger partial charge in [0, 0.05) is 27.3 Å². The van der Waals surface area contributed by atoms with Crippen LogP contribution in [-0.4, -0.2) is 23.8 Å². The van der Waals surface area contributed by atoms with E-state index in [2.05, 4.69) is 21.2 Å². The maximum atomic E-state index is 13.3. The molecule has 0 aliphatic carbocycles. The van der Waals surface area contributed by atoms with Crippen molar-refractivity contribution in [3.8, 4) is 0 Å². The van der Waals surface area contributed by atoms with Crippen LogP contribution in [0.5, 0.6) is 0 Å². The van der Waals surface area contributed by atoms with E-state index in [1.165, 1.54) is 0 Å². The molecule has 0 fully saturated rings. The number of halogens is 3. The molecule has 2 amide bonds. The Morgan fingerprint density at radius 3 is 2.13 bits per heavy atom. The molecule has 2 atom stereocenters. The zero-order chi connectivity index (χ0) is 22.5. The van der Waals surface area contributed by atoms with Gasteiger partial charge in [0.1, 0.15) is 5.92 Å². The number of carbonyl (C=O) groups is 2. The summed E-state index contributed by atoms with van der Waals surface area (Å²) >= 11 is 15.6. The Morgan fingerprint density at radius 1 is 0.935 bits per heavy atom. The van der Waals surface area contributed by atoms with Crippen molar-refractivity contribution in [2.24, 2.45) is 5.92 Å². The van der Waals surface area contributed by atoms with Gasteiger partial charge >= 0.3 is 0 Å². The third-order valence-corrected chi connectivity index (χ3v) is 6.10. The molecule has 0 saturated carbocycles. The fourth-order valence-corrected chi connectivity index (χ4v) is 4.39. The van der Waals surface area contributed by atoms with Gasteiger partial charge in [-0.15, -0.1) is 0 Å². The Labute approximate surface area is 200 Å². The fourth-order valence-electron chi connectivity index (χ4n) is 3.37. The molecule has 0 bridgehead atoms. The largest absolute Gasteiger partial charge is 0.334 e. The third kappa shape index (κ3) is 5.67. The predicted octanol–water partition coefficient (Wildman–Crippen LogP) is 6.58. The van der Waals surface area contributed by atoms with Crippen molar-refractivity contribution in [3.05, 3.63) is 98.4 Å². The van der Waals surface area contributed by atoms with E-state index in [1.807, 2.05) is 54.6 Å². The lowest BCUT2D eigenvalue weighted by molar-refractivity contribution is -0.139. The molecular formula is C24H21BrCl2N2O2. The highest BCUT2D eigenvalue weighted by molar-refractivity contribution is 9.10. The van der Waals surface area contributed by atoms with Crippen LogP contribution < -0.4 is 5.32 Å². The van der Waals surface area contributed by atoms with Crippen LogP contribution in [0.3, 0.4) is 0 Å². The van der Waals surface area contributed by atoms with E-state index >= 15 is 0 Å². The van der Waals surface area contributed by atoms with E-state index in [0.29, 0.717) is 15.7 Å². The molecule has 0 heterocycles. The zero-order valence-electron chi connectivity index (χ0n) is 17.0. The second kappa shape index (κ2) is 10.3. The van der Waals surface area contributed by atoms with E-state index in [-0.39, 0.29) is 11.9 Å². The first-order valence-corrected chi connectivity index (χ1v) is 11.2. The SMILES string of the molecule is CC(C(=O)Nc1cc(Cl)cc(Cl)c1)C(=O)N(C)C(c1ccccc1)c1ccccc1Br. The van der Waals surface area contributed by atoms with E-state index in [9.17, 15) is 9.59 Å². The van der Waals surface area contributed by atoms with E-state index in [1.54, 1.807) is 37.1 Å². The van der Waals surface area contributed by atoms with Gasteiger partial charge in [0.05, 0.1) is 6.04 Å². The number of hydrogen-bond donors (Lipinski definition) is 1. The standard InChI is InChI=1S/C24H21BrCl2N2O2/c1-15(23(30)28-19-13-17(26)12-18(27)14-19)24(31)29(2)22(16-8-4-3-5-9-16)20-10-6-7-11-21(20)25/h3-15,22H,1-2H3,(H,28,30). The molecule has 7 heteroatoms. The minimum Gasteiger partial charge on any atom is -0.334 e. The first kappa shape index (κ1) is 23.3. The molecule has 160 valence electrons. The molecule has 1 N–H and O–H groups in total. The van der Waals surface area contributed by atoms with Crippen molar-refractivity contribution in [1.82, 2.24) is 4.90 Å². The summed E-state index contributed by atoms with van der Waals surface area (Å²) in [5.41, 5.74) is 2.31. The average Bonchev–Trinajstić information content (AvgIpc) is 2.74. The Morgan fingerprint density at radius 2 is 1.52 bits per heavy atom. The molecule has 2 unspecified atom stereocenters. The van der Waals surface area contributed by atoms with Gasteiger partial charge in [-0.1, -0.05) is 87.7 Å². The number of rotatable bonds is 6. The molecule has 0 spiro atoms. The van der Waals surface area contributed by atoms with Gasteiger partial charge in [-0.05, 0) is 42.3 Å². The van der Waals surface area contributed by atoms with E-state index in [4.69, 9.17) is 23.2 Å². The van der Waals surface area contributed by atoms with E-state index < -0.39 is 11.8 Å². The van der Waals surface area contributed by atoms with Crippen LogP contribution in [-0.2, 0) is 9.59 Å². The molecular weight excluding hydrogens is 499 g/mol. The van der Waals surface area contributed by atoms with Crippen molar-refractivity contribution >= 4 is 56.6 Å². The van der Waals surface area contributed by atoms with Crippen LogP contribution in [0.4, 0.5) is 5.69 Å². The van der Waals surface area contributed by atoms with Gasteiger partial charge in [-0.3, -0.25) is 9.59 Å². The molecule has 31 heavy (non-hydrogen) atoms. The lowest BCUT2D eigenvalue weighted by atomic mass is 9.96. The minimum absolute atomic E-state index is 0.310. The summed E-state index contributed by atoms with van der Waals surface area (Å²) < 4.78 is 0.883. The number of hydrogen-bond acceptors (Lipinski definition) is 2. The summed E-state index contributed by atoms with van der Waals surface area (Å²) in [5.74, 6) is -1.67. The van der Waals surface area contributed by atoms with Gasteiger partial charge < -0.3 is 10.2 Å². The summed E-state index contributed by atoms with van der Waals surface area (Å²) in [5, 5.41) is 3.52. The summed E-state index contributed by atoms with van der Waals surface area (Å²) in [4.78, 5) is 27.7. The van der Waals surface area contributed by atoms with Crippen LogP contribution in [0.25, 0.3) is 0 Å². The quantitative estimate of drug-likeness (QED) is 0.374. The maximum Gasteiger partial charge on any atom is 0.236 e. The molecule has 0 aromatic heterocycles. The summed E-state index contributed by atoms with van der Waals surface area (Å²) in [6, 6.07) is 21.8. The second-order valence-corrected chi connectivity index (χ2v) is 8.88. The fraction of sp³-hybridized carbons (Fsp3) is 0.167. The third-order valence-electron chi connectivity index (χ3n) is 4.94. The van der Waals surface area contributed by atoms with Crippen molar-refractivity contribution < 1.29 is 9.59 Å². The van der Waals surface area contributed by atoms with Crippen molar-refractivity contribution in [2.75, 3.05) is 12.4 Å². The zero-order valence-corrected chi connectivity index (χ0v) is 20.1. The Kier molecular flexibility index (Phi) is 7.76. The highest BCUT2D eigenvalue weighted by atomic mass is 79.9. The van der Waals surface area contributed by atoms with Crippen molar-refractivity contribution in [3.63, 3.8) is 0 Å². The van der Waals surface area contributed by atoms with Gasteiger partial charge in [-0.2, -0.15) is 0 Å². The van der Waals surface area contributed by atoms with E-state index in [0.717, 1.165) is 15.6 Å². The molecule has 3 rings (SSSR count). The first-order valence-electron chi connectivity index (χ1n) is 9.61. The summed E-state index contributed by atoms with van der Waals surface area (Å²) in [6.45, 7) is 1.59. The number of anilines is 1. The number of amides is 2. The molecule has 4 nitrogen and oxygen atoms in total. The second-order valence-electron chi connectivity index (χ2n) is 7.15. The number of benzene rings is 3. The highest BCUT2D eigenvalue weighted by Crippen LogP contribution is 2.33. The molecule has 0 aliphatic rings. The Hall–Kier alpha value is -2.34. The van der Waals surface area contributed by atoms with Gasteiger partial charge in [0.15, 0.2) is 0 Å². The predicted molar refractivity (Wildman–Crippen MR) is 129 cm³/mol. The van der Waals surface area contributed by atoms with Crippen molar-refractivity contribution in [1.29, 1.82) is 0 Å². The van der Waals surface area contributed by atoms with Gasteiger partial charge in [-0.25, -0.2) is 0 Å². The van der Waals surface area contributed by atoms with Crippen LogP contribution in [0.2, 0.25) is 10.0 Å². The maximum absolute atomic E-state index is 13.3. The molecule has 0 saturated heterocycles. The summed E-state index contributed by atoms with van der Waals surface area (Å²) in [6.07, 6.45) is 0. The van der Waals surface area contributed by atoms with Gasteiger partial charge in [0.25, 0.3) is 0 Å². The monoisotopic (exact) mass is 518 g/mol. The van der Waals surface area contributed by atoms with Crippen LogP contribution in [0.15, 0.2) is 77.3 Å². The molecule has 3 aromatic carbocycles. The number of nitrogens with one attached hydrogen (secondary N) is 1. The summed E-state index contributed by atoms with van der Waals surface area (Å²) in [7, 11) is 1.71. The highest BCUT2D eigenvalue weighted by Gasteiger charge is 2.31. The first-order chi connectivity index (χ1) is 14.8. The molecule has 0 radical (unpaired) electrons. The van der Waals surface area contributed by atoms with Gasteiger partial charge in [0.2, 0.25) is 11.8 Å². The lowest BCUT2D eigenvalue weighted by Gasteiger charge is -2.31. The molecule has 0 aliphatic heterocycles. The van der Waals surface area contributed by atoms with Crippen LogP contribution in [0, 0.1) is 5.92 Å². The van der Waals surface area contributed by atoms with Crippen LogP contribution >= 0.6 is 39.1 Å². The normalized spacial score (nSPS) is 12.7. The molecule has 3 aromatic rings. The average molecular weight is 520 g/mol. The van der Waals surface area contributed by atoms with Crippen molar-refractivity contribution in [2.45, 2.75) is 13.0 Å². The minimum atomic E-state index is -0.920. The Bertz CT molecular complexity index is 1070. The number of nitrogens with zero attached hydrogens (tertiary/aromatic N) is 1. The topological polar surface area (TPSA) is 49.4 Å². The Balaban J connectivity index is 1.86. The smallest absolute Gasteiger partial charge is 0.236 e. The number of carbonyl (C=O) groups excluding carboxylic acids is 2.